The average Bonchev–Trinajstić information content (AvgIpc) is 2.63. The summed E-state index contributed by atoms with van der Waals surface area (Å²) in [4.78, 5) is 12.2. The van der Waals surface area contributed by atoms with Crippen LogP contribution >= 0.6 is 11.6 Å². The van der Waals surface area contributed by atoms with Crippen LogP contribution in [-0.4, -0.2) is 34.2 Å². The molecule has 1 amide bonds. The Labute approximate surface area is 171 Å². The summed E-state index contributed by atoms with van der Waals surface area (Å²) in [6.07, 6.45) is -3.97. The van der Waals surface area contributed by atoms with Gasteiger partial charge < -0.3 is 10.1 Å². The smallest absolute Gasteiger partial charge is 0.417 e. The first-order valence-corrected chi connectivity index (χ1v) is 10.4. The second-order valence-corrected chi connectivity index (χ2v) is 8.37. The maximum atomic E-state index is 13.1. The number of nitrogens with one attached hydrogen (secondary N) is 1. The fraction of sp³-hybridized carbons (Fsp3) is 0.278. The molecule has 6 nitrogen and oxygen atoms in total. The molecule has 0 spiro atoms. The fourth-order valence-electron chi connectivity index (χ4n) is 2.42. The van der Waals surface area contributed by atoms with E-state index in [0.717, 1.165) is 24.0 Å². The number of alkyl halides is 3. The van der Waals surface area contributed by atoms with Gasteiger partial charge in [0.05, 0.1) is 29.6 Å². The van der Waals surface area contributed by atoms with Crippen LogP contribution < -0.4 is 14.4 Å². The van der Waals surface area contributed by atoms with E-state index in [9.17, 15) is 26.4 Å². The van der Waals surface area contributed by atoms with E-state index >= 15 is 0 Å². The Hall–Kier alpha value is -2.46. The highest BCUT2D eigenvalue weighted by molar-refractivity contribution is 7.92. The van der Waals surface area contributed by atoms with Crippen molar-refractivity contribution in [2.75, 3.05) is 24.2 Å². The molecular formula is C18H18ClF3N2O4S. The average molecular weight is 451 g/mol. The lowest BCUT2D eigenvalue weighted by Gasteiger charge is -2.23. The molecule has 0 radical (unpaired) electrons. The van der Waals surface area contributed by atoms with Gasteiger partial charge in [-0.25, -0.2) is 8.42 Å². The van der Waals surface area contributed by atoms with Gasteiger partial charge in [-0.15, -0.1) is 0 Å². The molecule has 11 heteroatoms. The molecule has 2 aromatic carbocycles. The number of nitrogens with zero attached hydrogens (tertiary/aromatic N) is 1. The topological polar surface area (TPSA) is 75.7 Å². The quantitative estimate of drug-likeness (QED) is 0.701. The number of carbonyl (C=O) groups is 1. The minimum absolute atomic E-state index is 0.106. The summed E-state index contributed by atoms with van der Waals surface area (Å²) >= 11 is 5.57. The van der Waals surface area contributed by atoms with Crippen LogP contribution in [-0.2, 0) is 27.5 Å². The summed E-state index contributed by atoms with van der Waals surface area (Å²) in [5, 5.41) is 1.96. The van der Waals surface area contributed by atoms with Gasteiger partial charge in [0.15, 0.2) is 0 Å². The van der Waals surface area contributed by atoms with Gasteiger partial charge in [0, 0.05) is 6.54 Å². The lowest BCUT2D eigenvalue weighted by atomic mass is 10.2. The fourth-order valence-corrected chi connectivity index (χ4v) is 3.49. The Morgan fingerprint density at radius 3 is 2.31 bits per heavy atom. The molecule has 0 aliphatic heterocycles. The molecular weight excluding hydrogens is 433 g/mol. The van der Waals surface area contributed by atoms with Crippen LogP contribution in [0.2, 0.25) is 5.02 Å². The number of benzene rings is 2. The zero-order valence-corrected chi connectivity index (χ0v) is 17.0. The third-order valence-electron chi connectivity index (χ3n) is 3.88. The highest BCUT2D eigenvalue weighted by atomic mass is 35.5. The minimum atomic E-state index is -4.77. The Morgan fingerprint density at radius 2 is 1.79 bits per heavy atom. The number of hydrogen-bond acceptors (Lipinski definition) is 4. The SMILES string of the molecule is COc1ccc(CNC(=O)CN(c2ccc(Cl)c(C(F)(F)F)c2)S(C)(=O)=O)cc1. The molecule has 2 aromatic rings. The molecule has 158 valence electrons. The number of carbonyl (C=O) groups excluding carboxylic acids is 1. The van der Waals surface area contributed by atoms with Gasteiger partial charge in [-0.05, 0) is 35.9 Å². The molecule has 0 saturated carbocycles. The van der Waals surface area contributed by atoms with E-state index in [1.54, 1.807) is 24.3 Å². The summed E-state index contributed by atoms with van der Waals surface area (Å²) in [7, 11) is -2.52. The third kappa shape index (κ3) is 6.26. The lowest BCUT2D eigenvalue weighted by molar-refractivity contribution is -0.137. The number of sulfonamides is 1. The van der Waals surface area contributed by atoms with Crippen LogP contribution in [0.25, 0.3) is 0 Å². The van der Waals surface area contributed by atoms with E-state index in [-0.39, 0.29) is 12.2 Å². The van der Waals surface area contributed by atoms with Gasteiger partial charge >= 0.3 is 6.18 Å². The van der Waals surface area contributed by atoms with E-state index < -0.39 is 39.2 Å². The highest BCUT2D eigenvalue weighted by Gasteiger charge is 2.34. The first-order chi connectivity index (χ1) is 13.4. The molecule has 0 bridgehead atoms. The Kier molecular flexibility index (Phi) is 7.02. The molecule has 0 aliphatic carbocycles. The Morgan fingerprint density at radius 1 is 1.17 bits per heavy atom. The summed E-state index contributed by atoms with van der Waals surface area (Å²) in [5.74, 6) is -0.0544. The van der Waals surface area contributed by atoms with Crippen molar-refractivity contribution in [1.29, 1.82) is 0 Å². The first-order valence-electron chi connectivity index (χ1n) is 8.16. The monoisotopic (exact) mass is 450 g/mol. The van der Waals surface area contributed by atoms with Crippen LogP contribution in [0.1, 0.15) is 11.1 Å². The minimum Gasteiger partial charge on any atom is -0.497 e. The van der Waals surface area contributed by atoms with E-state index in [1.807, 2.05) is 0 Å². The Bertz CT molecular complexity index is 980. The van der Waals surface area contributed by atoms with Crippen molar-refractivity contribution in [1.82, 2.24) is 5.32 Å². The molecule has 0 fully saturated rings. The van der Waals surface area contributed by atoms with E-state index in [1.165, 1.54) is 7.11 Å². The predicted octanol–water partition coefficient (Wildman–Crippen LogP) is 3.45. The van der Waals surface area contributed by atoms with Crippen molar-refractivity contribution in [3.63, 3.8) is 0 Å². The highest BCUT2D eigenvalue weighted by Crippen LogP contribution is 2.37. The van der Waals surface area contributed by atoms with E-state index in [4.69, 9.17) is 16.3 Å². The maximum absolute atomic E-state index is 13.1. The van der Waals surface area contributed by atoms with Crippen LogP contribution in [0.3, 0.4) is 0 Å². The summed E-state index contributed by atoms with van der Waals surface area (Å²) in [6.45, 7) is -0.581. The molecule has 0 aromatic heterocycles. The molecule has 29 heavy (non-hydrogen) atoms. The number of halogens is 4. The third-order valence-corrected chi connectivity index (χ3v) is 5.35. The molecule has 0 saturated heterocycles. The number of amides is 1. The van der Waals surface area contributed by atoms with Gasteiger partial charge in [-0.1, -0.05) is 23.7 Å². The van der Waals surface area contributed by atoms with Gasteiger partial charge in [0.2, 0.25) is 15.9 Å². The van der Waals surface area contributed by atoms with Crippen molar-refractivity contribution in [3.05, 3.63) is 58.6 Å². The van der Waals surface area contributed by atoms with Gasteiger partial charge in [-0.2, -0.15) is 13.2 Å². The summed E-state index contributed by atoms with van der Waals surface area (Å²) < 4.78 is 69.0. The number of hydrogen-bond donors (Lipinski definition) is 1. The molecule has 0 unspecified atom stereocenters. The number of rotatable bonds is 7. The predicted molar refractivity (Wildman–Crippen MR) is 103 cm³/mol. The van der Waals surface area contributed by atoms with E-state index in [0.29, 0.717) is 16.1 Å². The number of anilines is 1. The first kappa shape index (κ1) is 22.8. The van der Waals surface area contributed by atoms with Crippen LogP contribution in [0, 0.1) is 0 Å². The maximum Gasteiger partial charge on any atom is 0.417 e. The van der Waals surface area contributed by atoms with Crippen LogP contribution in [0.5, 0.6) is 5.75 Å². The summed E-state index contributed by atoms with van der Waals surface area (Å²) in [5.41, 5.74) is -0.774. The Balaban J connectivity index is 2.18. The van der Waals surface area contributed by atoms with Gasteiger partial charge in [-0.3, -0.25) is 9.10 Å². The molecule has 0 atom stereocenters. The van der Waals surface area contributed by atoms with Crippen molar-refractivity contribution < 1.29 is 31.1 Å². The lowest BCUT2D eigenvalue weighted by Crippen LogP contribution is -2.40. The zero-order chi connectivity index (χ0) is 21.8. The van der Waals surface area contributed by atoms with Crippen molar-refractivity contribution >= 4 is 33.2 Å². The van der Waals surface area contributed by atoms with E-state index in [2.05, 4.69) is 5.32 Å². The number of ether oxygens (including phenoxy) is 1. The largest absolute Gasteiger partial charge is 0.497 e. The van der Waals surface area contributed by atoms with Crippen LogP contribution in [0.4, 0.5) is 18.9 Å². The molecule has 0 aliphatic rings. The van der Waals surface area contributed by atoms with Gasteiger partial charge in [0.1, 0.15) is 12.3 Å². The number of methoxy groups -OCH3 is 1. The molecule has 1 N–H and O–H groups in total. The van der Waals surface area contributed by atoms with Crippen LogP contribution in [0.15, 0.2) is 42.5 Å². The normalized spacial score (nSPS) is 11.8. The second kappa shape index (κ2) is 8.91. The molecule has 2 rings (SSSR count). The van der Waals surface area contributed by atoms with Crippen molar-refractivity contribution in [2.24, 2.45) is 0 Å². The standard InChI is InChI=1S/C18H18ClF3N2O4S/c1-28-14-6-3-12(4-7-14)10-23-17(25)11-24(29(2,26)27)13-5-8-16(19)15(9-13)18(20,21)22/h3-9H,10-11H2,1-2H3,(H,23,25). The van der Waals surface area contributed by atoms with Crippen molar-refractivity contribution in [3.8, 4) is 5.75 Å². The van der Waals surface area contributed by atoms with Crippen molar-refractivity contribution in [2.45, 2.75) is 12.7 Å². The summed E-state index contributed by atoms with van der Waals surface area (Å²) in [6, 6.07) is 9.44. The molecule has 0 heterocycles. The zero-order valence-electron chi connectivity index (χ0n) is 15.5. The van der Waals surface area contributed by atoms with Gasteiger partial charge in [0.25, 0.3) is 0 Å². The second-order valence-electron chi connectivity index (χ2n) is 6.06.